The van der Waals surface area contributed by atoms with Gasteiger partial charge in [0.25, 0.3) is 0 Å². The highest BCUT2D eigenvalue weighted by Crippen LogP contribution is 2.28. The largest absolute Gasteiger partial charge is 0.436 e. The lowest BCUT2D eigenvalue weighted by Gasteiger charge is -2.10. The van der Waals surface area contributed by atoms with Crippen LogP contribution in [0.25, 0.3) is 22.6 Å². The summed E-state index contributed by atoms with van der Waals surface area (Å²) in [4.78, 5) is 16.5. The van der Waals surface area contributed by atoms with Gasteiger partial charge in [-0.2, -0.15) is 0 Å². The van der Waals surface area contributed by atoms with Gasteiger partial charge in [-0.15, -0.1) is 0 Å². The molecule has 1 aromatic heterocycles. The summed E-state index contributed by atoms with van der Waals surface area (Å²) in [6.45, 7) is 8.38. The van der Waals surface area contributed by atoms with Crippen molar-refractivity contribution in [2.24, 2.45) is 5.92 Å². The lowest BCUT2D eigenvalue weighted by atomic mass is 9.98. The Kier molecular flexibility index (Phi) is 6.64. The molecule has 0 fully saturated rings. The first-order valence-corrected chi connectivity index (χ1v) is 10.4. The zero-order chi connectivity index (χ0) is 21.0. The van der Waals surface area contributed by atoms with Gasteiger partial charge >= 0.3 is 0 Å². The first-order valence-electron chi connectivity index (χ1n) is 9.97. The summed E-state index contributed by atoms with van der Waals surface area (Å²) in [6, 6.07) is 13.8. The number of hydrogen-bond donors (Lipinski definition) is 2. The number of carbonyl (C=O) groups excluding carboxylic acids is 1. The molecule has 0 saturated carbocycles. The summed E-state index contributed by atoms with van der Waals surface area (Å²) in [7, 11) is 0. The Morgan fingerprint density at radius 3 is 2.52 bits per heavy atom. The molecule has 5 nitrogen and oxygen atoms in total. The number of fused-ring (bicyclic) bond motifs is 1. The topological polar surface area (TPSA) is 67.2 Å². The van der Waals surface area contributed by atoms with Crippen molar-refractivity contribution < 1.29 is 9.21 Å². The summed E-state index contributed by atoms with van der Waals surface area (Å²) >= 11 is 5.20. The number of thiocarbonyl (C=S) groups is 1. The first-order chi connectivity index (χ1) is 13.9. The number of oxazole rings is 1. The van der Waals surface area contributed by atoms with Crippen LogP contribution in [0.1, 0.15) is 52.0 Å². The van der Waals surface area contributed by atoms with Crippen molar-refractivity contribution in [2.45, 2.75) is 46.5 Å². The number of amides is 1. The summed E-state index contributed by atoms with van der Waals surface area (Å²) in [5, 5.41) is 6.01. The van der Waals surface area contributed by atoms with Crippen LogP contribution in [0.3, 0.4) is 0 Å². The van der Waals surface area contributed by atoms with E-state index in [1.165, 1.54) is 5.56 Å². The van der Waals surface area contributed by atoms with Crippen molar-refractivity contribution in [2.75, 3.05) is 5.32 Å². The standard InChI is InChI=1S/C23H27N3O2S/c1-5-15(4)17-8-11-20-19(13-17)25-22(28-20)16-6-9-18(10-7-16)24-23(29)26-21(27)12-14(2)3/h6-11,13-15H,5,12H2,1-4H3,(H2,24,26,27,29)/t15-/m1/s1. The van der Waals surface area contributed by atoms with Gasteiger partial charge in [0.15, 0.2) is 10.7 Å². The van der Waals surface area contributed by atoms with E-state index >= 15 is 0 Å². The number of nitrogens with one attached hydrogen (secondary N) is 2. The SMILES string of the molecule is CC[C@@H](C)c1ccc2oc(-c3ccc(NC(=S)NC(=O)CC(C)C)cc3)nc2c1. The lowest BCUT2D eigenvalue weighted by Crippen LogP contribution is -2.34. The molecule has 6 heteroatoms. The van der Waals surface area contributed by atoms with Gasteiger partial charge in [-0.25, -0.2) is 4.98 Å². The van der Waals surface area contributed by atoms with E-state index in [2.05, 4.69) is 41.6 Å². The number of nitrogens with zero attached hydrogens (tertiary/aromatic N) is 1. The lowest BCUT2D eigenvalue weighted by molar-refractivity contribution is -0.120. The number of aromatic nitrogens is 1. The predicted octanol–water partition coefficient (Wildman–Crippen LogP) is 5.87. The van der Waals surface area contributed by atoms with Crippen molar-refractivity contribution >= 4 is 40.0 Å². The van der Waals surface area contributed by atoms with Gasteiger partial charge in [-0.3, -0.25) is 4.79 Å². The van der Waals surface area contributed by atoms with Crippen molar-refractivity contribution in [3.05, 3.63) is 48.0 Å². The smallest absolute Gasteiger partial charge is 0.227 e. The fourth-order valence-electron chi connectivity index (χ4n) is 3.02. The fraction of sp³-hybridized carbons (Fsp3) is 0.348. The Bertz CT molecular complexity index is 1010. The monoisotopic (exact) mass is 409 g/mol. The van der Waals surface area contributed by atoms with Gasteiger partial charge < -0.3 is 15.1 Å². The van der Waals surface area contributed by atoms with Gasteiger partial charge in [0.1, 0.15) is 5.52 Å². The molecule has 0 saturated heterocycles. The molecule has 0 aliphatic carbocycles. The molecule has 0 radical (unpaired) electrons. The number of rotatable bonds is 6. The van der Waals surface area contributed by atoms with Crippen molar-refractivity contribution in [1.82, 2.24) is 10.3 Å². The average molecular weight is 410 g/mol. The number of benzene rings is 2. The van der Waals surface area contributed by atoms with E-state index in [9.17, 15) is 4.79 Å². The van der Waals surface area contributed by atoms with E-state index in [4.69, 9.17) is 16.6 Å². The van der Waals surface area contributed by atoms with Gasteiger partial charge in [-0.05, 0) is 72.4 Å². The predicted molar refractivity (Wildman–Crippen MR) is 122 cm³/mol. The van der Waals surface area contributed by atoms with Gasteiger partial charge in [0.2, 0.25) is 11.8 Å². The second-order valence-electron chi connectivity index (χ2n) is 7.73. The highest BCUT2D eigenvalue weighted by molar-refractivity contribution is 7.80. The Morgan fingerprint density at radius 2 is 1.86 bits per heavy atom. The molecule has 0 bridgehead atoms. The highest BCUT2D eigenvalue weighted by Gasteiger charge is 2.12. The Hall–Kier alpha value is -2.73. The Morgan fingerprint density at radius 1 is 1.14 bits per heavy atom. The van der Waals surface area contributed by atoms with E-state index in [1.807, 2.05) is 44.2 Å². The van der Waals surface area contributed by atoms with E-state index < -0.39 is 0 Å². The molecule has 2 N–H and O–H groups in total. The molecule has 152 valence electrons. The van der Waals surface area contributed by atoms with Gasteiger partial charge in [-0.1, -0.05) is 33.8 Å². The van der Waals surface area contributed by atoms with Crippen LogP contribution < -0.4 is 10.6 Å². The average Bonchev–Trinajstić information content (AvgIpc) is 3.10. The second kappa shape index (κ2) is 9.18. The zero-order valence-corrected chi connectivity index (χ0v) is 18.1. The van der Waals surface area contributed by atoms with Crippen LogP contribution in [-0.2, 0) is 4.79 Å². The third-order valence-corrected chi connectivity index (χ3v) is 5.03. The van der Waals surface area contributed by atoms with Gasteiger partial charge in [0, 0.05) is 17.7 Å². The molecular formula is C23H27N3O2S. The van der Waals surface area contributed by atoms with Crippen LogP contribution >= 0.6 is 12.2 Å². The maximum Gasteiger partial charge on any atom is 0.227 e. The van der Waals surface area contributed by atoms with Crippen LogP contribution in [0.2, 0.25) is 0 Å². The molecule has 1 amide bonds. The molecule has 3 aromatic rings. The quantitative estimate of drug-likeness (QED) is 0.499. The van der Waals surface area contributed by atoms with E-state index in [-0.39, 0.29) is 11.8 Å². The molecule has 29 heavy (non-hydrogen) atoms. The number of hydrogen-bond acceptors (Lipinski definition) is 4. The molecule has 0 aliphatic heterocycles. The minimum absolute atomic E-state index is 0.0858. The zero-order valence-electron chi connectivity index (χ0n) is 17.3. The maximum absolute atomic E-state index is 11.8. The molecule has 0 aliphatic rings. The van der Waals surface area contributed by atoms with Crippen molar-refractivity contribution in [3.63, 3.8) is 0 Å². The molecule has 2 aromatic carbocycles. The molecule has 1 atom stereocenters. The summed E-state index contributed by atoms with van der Waals surface area (Å²) in [6.07, 6.45) is 1.53. The molecule has 0 spiro atoms. The third-order valence-electron chi connectivity index (χ3n) is 4.83. The van der Waals surface area contributed by atoms with Crippen LogP contribution in [0.4, 0.5) is 5.69 Å². The molecule has 3 rings (SSSR count). The van der Waals surface area contributed by atoms with Gasteiger partial charge in [0.05, 0.1) is 0 Å². The van der Waals surface area contributed by atoms with Crippen LogP contribution in [0, 0.1) is 5.92 Å². The van der Waals surface area contributed by atoms with Crippen LogP contribution in [0.5, 0.6) is 0 Å². The molecular weight excluding hydrogens is 382 g/mol. The Balaban J connectivity index is 1.69. The fourth-order valence-corrected chi connectivity index (χ4v) is 3.25. The minimum Gasteiger partial charge on any atom is -0.436 e. The number of carbonyl (C=O) groups is 1. The summed E-state index contributed by atoms with van der Waals surface area (Å²) < 4.78 is 5.92. The van der Waals surface area contributed by atoms with Crippen molar-refractivity contribution in [3.8, 4) is 11.5 Å². The van der Waals surface area contributed by atoms with E-state index in [1.54, 1.807) is 0 Å². The maximum atomic E-state index is 11.8. The molecule has 0 unspecified atom stereocenters. The van der Waals surface area contributed by atoms with Crippen LogP contribution in [0.15, 0.2) is 46.9 Å². The second-order valence-corrected chi connectivity index (χ2v) is 8.14. The molecule has 1 heterocycles. The Labute approximate surface area is 176 Å². The summed E-state index contributed by atoms with van der Waals surface area (Å²) in [5.41, 5.74) is 4.59. The number of anilines is 1. The minimum atomic E-state index is -0.0858. The highest BCUT2D eigenvalue weighted by atomic mass is 32.1. The van der Waals surface area contributed by atoms with Crippen molar-refractivity contribution in [1.29, 1.82) is 0 Å². The van der Waals surface area contributed by atoms with E-state index in [0.717, 1.165) is 28.8 Å². The summed E-state index contributed by atoms with van der Waals surface area (Å²) in [5.74, 6) is 1.28. The first kappa shape index (κ1) is 21.0. The third kappa shape index (κ3) is 5.41. The van der Waals surface area contributed by atoms with E-state index in [0.29, 0.717) is 23.3 Å². The normalized spacial score (nSPS) is 12.2. The van der Waals surface area contributed by atoms with Crippen LogP contribution in [-0.4, -0.2) is 16.0 Å².